The number of benzene rings is 1. The maximum Gasteiger partial charge on any atom is 0.140 e. The predicted molar refractivity (Wildman–Crippen MR) is 68.2 cm³/mol. The first-order valence-electron chi connectivity index (χ1n) is 5.26. The molecule has 1 rings (SSSR count). The van der Waals surface area contributed by atoms with Crippen molar-refractivity contribution in [3.63, 3.8) is 0 Å². The fraction of sp³-hybridized carbons (Fsp3) is 0.462. The van der Waals surface area contributed by atoms with E-state index in [2.05, 4.69) is 20.8 Å². The minimum absolute atomic E-state index is 0.0290. The van der Waals surface area contributed by atoms with Gasteiger partial charge in [-0.25, -0.2) is 0 Å². The first-order chi connectivity index (χ1) is 7.30. The second kappa shape index (κ2) is 4.91. The Morgan fingerprint density at radius 1 is 1.38 bits per heavy atom. The Morgan fingerprint density at radius 2 is 2.00 bits per heavy atom. The van der Waals surface area contributed by atoms with Crippen LogP contribution in [0.5, 0.6) is 5.75 Å². The standard InChI is InChI=1S/C13H18O2S/c1-9(14)8-16-12-6-5-10(7-11(12)15)13(2,3)4/h5-7,15H,8H2,1-4H3. The summed E-state index contributed by atoms with van der Waals surface area (Å²) in [5.41, 5.74) is 1.12. The number of phenolic OH excluding ortho intramolecular Hbond substituents is 1. The number of thioether (sulfide) groups is 1. The smallest absolute Gasteiger partial charge is 0.140 e. The van der Waals surface area contributed by atoms with Crippen molar-refractivity contribution in [2.45, 2.75) is 38.0 Å². The van der Waals surface area contributed by atoms with Gasteiger partial charge in [-0.3, -0.25) is 4.79 Å². The van der Waals surface area contributed by atoms with E-state index in [4.69, 9.17) is 0 Å². The lowest BCUT2D eigenvalue weighted by molar-refractivity contribution is -0.114. The molecule has 1 aromatic carbocycles. The molecule has 0 unspecified atom stereocenters. The topological polar surface area (TPSA) is 37.3 Å². The summed E-state index contributed by atoms with van der Waals surface area (Å²) in [5.74, 6) is 0.783. The maximum atomic E-state index is 10.9. The van der Waals surface area contributed by atoms with Gasteiger partial charge in [-0.15, -0.1) is 11.8 Å². The van der Waals surface area contributed by atoms with Crippen LogP contribution < -0.4 is 0 Å². The molecule has 0 saturated carbocycles. The average Bonchev–Trinajstić information content (AvgIpc) is 2.14. The van der Waals surface area contributed by atoms with Gasteiger partial charge < -0.3 is 5.11 Å². The Kier molecular flexibility index (Phi) is 4.03. The van der Waals surface area contributed by atoms with Gasteiger partial charge in [0.05, 0.1) is 5.75 Å². The highest BCUT2D eigenvalue weighted by Crippen LogP contribution is 2.33. The number of carbonyl (C=O) groups is 1. The fourth-order valence-corrected chi connectivity index (χ4v) is 2.02. The van der Waals surface area contributed by atoms with Gasteiger partial charge in [-0.05, 0) is 30.0 Å². The van der Waals surface area contributed by atoms with Crippen LogP contribution in [0.1, 0.15) is 33.3 Å². The Labute approximate surface area is 101 Å². The molecule has 0 saturated heterocycles. The van der Waals surface area contributed by atoms with E-state index >= 15 is 0 Å². The van der Waals surface area contributed by atoms with Crippen molar-refractivity contribution < 1.29 is 9.90 Å². The summed E-state index contributed by atoms with van der Waals surface area (Å²) in [5, 5.41) is 9.84. The molecule has 0 aromatic heterocycles. The van der Waals surface area contributed by atoms with E-state index in [-0.39, 0.29) is 16.9 Å². The molecular formula is C13H18O2S. The molecule has 0 spiro atoms. The second-order valence-electron chi connectivity index (χ2n) is 4.92. The summed E-state index contributed by atoms with van der Waals surface area (Å²) >= 11 is 1.37. The predicted octanol–water partition coefficient (Wildman–Crippen LogP) is 3.37. The number of ketones is 1. The van der Waals surface area contributed by atoms with E-state index in [1.807, 2.05) is 12.1 Å². The zero-order valence-electron chi connectivity index (χ0n) is 10.2. The lowest BCUT2D eigenvalue weighted by Crippen LogP contribution is -2.10. The SMILES string of the molecule is CC(=O)CSc1ccc(C(C)(C)C)cc1O. The van der Waals surface area contributed by atoms with Crippen molar-refractivity contribution in [1.82, 2.24) is 0 Å². The zero-order chi connectivity index (χ0) is 12.3. The van der Waals surface area contributed by atoms with Gasteiger partial charge in [0.2, 0.25) is 0 Å². The quantitative estimate of drug-likeness (QED) is 0.820. The Bertz CT molecular complexity index is 391. The first-order valence-corrected chi connectivity index (χ1v) is 6.25. The molecule has 0 aliphatic heterocycles. The highest BCUT2D eigenvalue weighted by Gasteiger charge is 2.15. The third-order valence-electron chi connectivity index (χ3n) is 2.26. The molecule has 0 radical (unpaired) electrons. The molecule has 2 nitrogen and oxygen atoms in total. The Morgan fingerprint density at radius 3 is 2.44 bits per heavy atom. The minimum atomic E-state index is 0.0290. The van der Waals surface area contributed by atoms with Crippen molar-refractivity contribution >= 4 is 17.5 Å². The van der Waals surface area contributed by atoms with Crippen LogP contribution in [0, 0.1) is 0 Å². The van der Waals surface area contributed by atoms with E-state index < -0.39 is 0 Å². The number of aromatic hydroxyl groups is 1. The van der Waals surface area contributed by atoms with Crippen LogP contribution in [0.2, 0.25) is 0 Å². The summed E-state index contributed by atoms with van der Waals surface area (Å²) in [7, 11) is 0. The molecule has 88 valence electrons. The molecule has 3 heteroatoms. The fourth-order valence-electron chi connectivity index (χ4n) is 1.29. The Hall–Kier alpha value is -0.960. The van der Waals surface area contributed by atoms with E-state index in [0.29, 0.717) is 5.75 Å². The number of rotatable bonds is 3. The average molecular weight is 238 g/mol. The van der Waals surface area contributed by atoms with E-state index in [0.717, 1.165) is 10.5 Å². The van der Waals surface area contributed by atoms with Gasteiger partial charge in [-0.2, -0.15) is 0 Å². The van der Waals surface area contributed by atoms with Gasteiger partial charge in [0.25, 0.3) is 0 Å². The summed E-state index contributed by atoms with van der Waals surface area (Å²) < 4.78 is 0. The highest BCUT2D eigenvalue weighted by molar-refractivity contribution is 8.00. The zero-order valence-corrected chi connectivity index (χ0v) is 11.0. The molecule has 0 bridgehead atoms. The van der Waals surface area contributed by atoms with Crippen molar-refractivity contribution in [1.29, 1.82) is 0 Å². The van der Waals surface area contributed by atoms with Gasteiger partial charge in [-0.1, -0.05) is 26.8 Å². The number of carbonyl (C=O) groups excluding carboxylic acids is 1. The number of hydrogen-bond acceptors (Lipinski definition) is 3. The first kappa shape index (κ1) is 13.1. The number of Topliss-reactive ketones (excluding diaryl/α,β-unsaturated/α-hetero) is 1. The molecule has 0 aliphatic carbocycles. The van der Waals surface area contributed by atoms with Crippen LogP contribution in [-0.2, 0) is 10.2 Å². The normalized spacial score (nSPS) is 11.5. The van der Waals surface area contributed by atoms with Gasteiger partial charge >= 0.3 is 0 Å². The third kappa shape index (κ3) is 3.56. The van der Waals surface area contributed by atoms with Crippen LogP contribution in [-0.4, -0.2) is 16.6 Å². The summed E-state index contributed by atoms with van der Waals surface area (Å²) in [6.45, 7) is 7.85. The van der Waals surface area contributed by atoms with Gasteiger partial charge in [0, 0.05) is 4.90 Å². The van der Waals surface area contributed by atoms with Crippen molar-refractivity contribution in [3.8, 4) is 5.75 Å². The Balaban J connectivity index is 2.88. The lowest BCUT2D eigenvalue weighted by Gasteiger charge is -2.19. The van der Waals surface area contributed by atoms with Crippen molar-refractivity contribution in [2.24, 2.45) is 0 Å². The van der Waals surface area contributed by atoms with Crippen LogP contribution in [0.25, 0.3) is 0 Å². The maximum absolute atomic E-state index is 10.9. The molecule has 0 fully saturated rings. The molecule has 0 atom stereocenters. The summed E-state index contributed by atoms with van der Waals surface area (Å²) in [6.07, 6.45) is 0. The third-order valence-corrected chi connectivity index (χ3v) is 3.46. The van der Waals surface area contributed by atoms with E-state index in [9.17, 15) is 9.90 Å². The lowest BCUT2D eigenvalue weighted by atomic mass is 9.87. The summed E-state index contributed by atoms with van der Waals surface area (Å²) in [6, 6.07) is 5.66. The monoisotopic (exact) mass is 238 g/mol. The van der Waals surface area contributed by atoms with Crippen LogP contribution in [0.15, 0.2) is 23.1 Å². The second-order valence-corrected chi connectivity index (χ2v) is 5.94. The minimum Gasteiger partial charge on any atom is -0.507 e. The van der Waals surface area contributed by atoms with Crippen molar-refractivity contribution in [2.75, 3.05) is 5.75 Å². The molecule has 0 aliphatic rings. The molecule has 0 amide bonds. The molecule has 16 heavy (non-hydrogen) atoms. The molecule has 1 aromatic rings. The van der Waals surface area contributed by atoms with Crippen LogP contribution >= 0.6 is 11.8 Å². The van der Waals surface area contributed by atoms with Crippen LogP contribution in [0.3, 0.4) is 0 Å². The molecule has 1 N–H and O–H groups in total. The van der Waals surface area contributed by atoms with E-state index in [1.165, 1.54) is 11.8 Å². The molecule has 0 heterocycles. The van der Waals surface area contributed by atoms with Crippen molar-refractivity contribution in [3.05, 3.63) is 23.8 Å². The van der Waals surface area contributed by atoms with Gasteiger partial charge in [0.15, 0.2) is 0 Å². The van der Waals surface area contributed by atoms with E-state index in [1.54, 1.807) is 13.0 Å². The molecular weight excluding hydrogens is 220 g/mol. The van der Waals surface area contributed by atoms with Crippen LogP contribution in [0.4, 0.5) is 0 Å². The summed E-state index contributed by atoms with van der Waals surface area (Å²) in [4.78, 5) is 11.6. The van der Waals surface area contributed by atoms with Gasteiger partial charge in [0.1, 0.15) is 11.5 Å². The number of hydrogen-bond donors (Lipinski definition) is 1. The highest BCUT2D eigenvalue weighted by atomic mass is 32.2. The largest absolute Gasteiger partial charge is 0.507 e. The number of phenols is 1.